The van der Waals surface area contributed by atoms with Crippen molar-refractivity contribution in [3.8, 4) is 0 Å². The first-order chi connectivity index (χ1) is 9.75. The number of rotatable bonds is 6. The molecule has 4 nitrogen and oxygen atoms in total. The quantitative estimate of drug-likeness (QED) is 0.803. The summed E-state index contributed by atoms with van der Waals surface area (Å²) in [5.74, 6) is 0.0593. The number of hydrogen-bond donors (Lipinski definition) is 1. The van der Waals surface area contributed by atoms with E-state index in [1.165, 1.54) is 5.56 Å². The summed E-state index contributed by atoms with van der Waals surface area (Å²) in [6.45, 7) is 1.59. The van der Waals surface area contributed by atoms with E-state index in [0.717, 1.165) is 32.2 Å². The summed E-state index contributed by atoms with van der Waals surface area (Å²) in [7, 11) is 0. The summed E-state index contributed by atoms with van der Waals surface area (Å²) in [5.41, 5.74) is 1.29. The Labute approximate surface area is 120 Å². The number of carbonyl (C=O) groups excluding carboxylic acids is 2. The van der Waals surface area contributed by atoms with Crippen LogP contribution in [0.25, 0.3) is 0 Å². The number of nitrogens with one attached hydrogen (secondary N) is 1. The first-order valence-corrected chi connectivity index (χ1v) is 7.34. The van der Waals surface area contributed by atoms with Crippen LogP contribution < -0.4 is 5.32 Å². The monoisotopic (exact) mass is 274 g/mol. The van der Waals surface area contributed by atoms with E-state index in [2.05, 4.69) is 17.4 Å². The van der Waals surface area contributed by atoms with Crippen molar-refractivity contribution in [3.63, 3.8) is 0 Å². The molecule has 0 atom stereocenters. The van der Waals surface area contributed by atoms with Crippen LogP contribution in [0.3, 0.4) is 0 Å². The van der Waals surface area contributed by atoms with Crippen LogP contribution in [0.4, 0.5) is 0 Å². The summed E-state index contributed by atoms with van der Waals surface area (Å²) in [5, 5.41) is 2.89. The summed E-state index contributed by atoms with van der Waals surface area (Å²) < 4.78 is 0. The van der Waals surface area contributed by atoms with Crippen LogP contribution in [-0.2, 0) is 16.0 Å². The largest absolute Gasteiger partial charge is 0.355 e. The first kappa shape index (κ1) is 14.6. The topological polar surface area (TPSA) is 49.4 Å². The Kier molecular flexibility index (Phi) is 5.59. The minimum atomic E-state index is -0.0479. The normalized spacial score (nSPS) is 15.2. The lowest BCUT2D eigenvalue weighted by atomic mass is 10.1. The molecule has 1 heterocycles. The van der Waals surface area contributed by atoms with Crippen LogP contribution in [0.2, 0.25) is 0 Å². The molecule has 4 heteroatoms. The molecule has 1 N–H and O–H groups in total. The molecule has 2 rings (SSSR count). The maximum Gasteiger partial charge on any atom is 0.239 e. The molecule has 0 radical (unpaired) electrons. The number of nitrogens with zero attached hydrogens (tertiary/aromatic N) is 1. The Morgan fingerprint density at radius 2 is 2.00 bits per heavy atom. The lowest BCUT2D eigenvalue weighted by Crippen LogP contribution is -2.43. The fourth-order valence-corrected chi connectivity index (χ4v) is 2.42. The maximum absolute atomic E-state index is 11.8. The molecule has 0 aliphatic carbocycles. The van der Waals surface area contributed by atoms with Gasteiger partial charge in [-0.05, 0) is 31.2 Å². The van der Waals surface area contributed by atoms with Crippen LogP contribution >= 0.6 is 0 Å². The van der Waals surface area contributed by atoms with Gasteiger partial charge < -0.3 is 10.2 Å². The van der Waals surface area contributed by atoms with Crippen molar-refractivity contribution >= 4 is 11.8 Å². The summed E-state index contributed by atoms with van der Waals surface area (Å²) in [6, 6.07) is 10.2. The van der Waals surface area contributed by atoms with Crippen molar-refractivity contribution in [2.45, 2.75) is 32.1 Å². The average Bonchev–Trinajstić information content (AvgIpc) is 2.47. The zero-order valence-corrected chi connectivity index (χ0v) is 11.8. The molecule has 1 aromatic carbocycles. The third kappa shape index (κ3) is 4.68. The highest BCUT2D eigenvalue weighted by atomic mass is 16.2. The van der Waals surface area contributed by atoms with E-state index in [1.54, 1.807) is 4.90 Å². The highest BCUT2D eigenvalue weighted by Crippen LogP contribution is 2.09. The molecule has 108 valence electrons. The van der Waals surface area contributed by atoms with Crippen LogP contribution in [0.1, 0.15) is 31.2 Å². The van der Waals surface area contributed by atoms with Crippen molar-refractivity contribution < 1.29 is 9.59 Å². The van der Waals surface area contributed by atoms with E-state index in [1.807, 2.05) is 18.2 Å². The fraction of sp³-hybridized carbons (Fsp3) is 0.500. The van der Waals surface area contributed by atoms with Gasteiger partial charge in [0, 0.05) is 19.5 Å². The van der Waals surface area contributed by atoms with Gasteiger partial charge >= 0.3 is 0 Å². The number of carbonyl (C=O) groups is 2. The van der Waals surface area contributed by atoms with E-state index in [-0.39, 0.29) is 18.4 Å². The Balaban J connectivity index is 1.61. The summed E-state index contributed by atoms with van der Waals surface area (Å²) in [4.78, 5) is 25.0. The molecule has 1 saturated heterocycles. The van der Waals surface area contributed by atoms with Crippen LogP contribution in [0.5, 0.6) is 0 Å². The lowest BCUT2D eigenvalue weighted by molar-refractivity contribution is -0.137. The van der Waals surface area contributed by atoms with Gasteiger partial charge in [0.25, 0.3) is 0 Å². The molecule has 1 fully saturated rings. The van der Waals surface area contributed by atoms with Gasteiger partial charge in [-0.3, -0.25) is 9.59 Å². The van der Waals surface area contributed by atoms with E-state index < -0.39 is 0 Å². The fourth-order valence-electron chi connectivity index (χ4n) is 2.42. The van der Waals surface area contributed by atoms with Crippen molar-refractivity contribution in [2.24, 2.45) is 0 Å². The molecule has 0 aromatic heterocycles. The van der Waals surface area contributed by atoms with Gasteiger partial charge in [-0.1, -0.05) is 30.3 Å². The molecule has 2 amide bonds. The number of hydrogen-bond acceptors (Lipinski definition) is 2. The van der Waals surface area contributed by atoms with E-state index in [9.17, 15) is 9.59 Å². The van der Waals surface area contributed by atoms with Gasteiger partial charge in [0.1, 0.15) is 0 Å². The predicted octanol–water partition coefficient (Wildman–Crippen LogP) is 1.75. The third-order valence-electron chi connectivity index (χ3n) is 3.56. The smallest absolute Gasteiger partial charge is 0.239 e. The summed E-state index contributed by atoms with van der Waals surface area (Å²) in [6.07, 6.45) is 4.43. The maximum atomic E-state index is 11.8. The molecular weight excluding hydrogens is 252 g/mol. The van der Waals surface area contributed by atoms with Crippen molar-refractivity contribution in [2.75, 3.05) is 19.6 Å². The molecule has 1 aromatic rings. The second kappa shape index (κ2) is 7.68. The first-order valence-electron chi connectivity index (χ1n) is 7.34. The highest BCUT2D eigenvalue weighted by Gasteiger charge is 2.19. The Morgan fingerprint density at radius 3 is 2.75 bits per heavy atom. The molecule has 1 aliphatic heterocycles. The van der Waals surface area contributed by atoms with Gasteiger partial charge in [-0.25, -0.2) is 0 Å². The molecule has 1 aliphatic rings. The predicted molar refractivity (Wildman–Crippen MR) is 78.2 cm³/mol. The molecule has 0 bridgehead atoms. The number of aryl methyl sites for hydroxylation is 1. The zero-order valence-electron chi connectivity index (χ0n) is 11.8. The minimum absolute atomic E-state index is 0.0479. The molecular formula is C16H22N2O2. The number of likely N-dealkylation sites (tertiary alicyclic amines) is 1. The highest BCUT2D eigenvalue weighted by molar-refractivity contribution is 5.85. The average molecular weight is 274 g/mol. The van der Waals surface area contributed by atoms with Crippen molar-refractivity contribution in [3.05, 3.63) is 35.9 Å². The molecule has 20 heavy (non-hydrogen) atoms. The van der Waals surface area contributed by atoms with E-state index >= 15 is 0 Å². The molecule has 0 spiro atoms. The van der Waals surface area contributed by atoms with E-state index in [4.69, 9.17) is 0 Å². The number of benzene rings is 1. The van der Waals surface area contributed by atoms with Gasteiger partial charge in [0.2, 0.25) is 11.8 Å². The number of amides is 2. The van der Waals surface area contributed by atoms with E-state index in [0.29, 0.717) is 13.0 Å². The Hall–Kier alpha value is -1.84. The van der Waals surface area contributed by atoms with Gasteiger partial charge in [-0.2, -0.15) is 0 Å². The lowest BCUT2D eigenvalue weighted by Gasteiger charge is -2.25. The van der Waals surface area contributed by atoms with Gasteiger partial charge in [0.05, 0.1) is 6.54 Å². The van der Waals surface area contributed by atoms with Gasteiger partial charge in [-0.15, -0.1) is 0 Å². The Morgan fingerprint density at radius 1 is 1.20 bits per heavy atom. The molecule has 0 saturated carbocycles. The summed E-state index contributed by atoms with van der Waals surface area (Å²) >= 11 is 0. The second-order valence-corrected chi connectivity index (χ2v) is 5.21. The molecule has 0 unspecified atom stereocenters. The number of piperidine rings is 1. The third-order valence-corrected chi connectivity index (χ3v) is 3.56. The standard InChI is InChI=1S/C16H22N2O2/c19-15(13-18-12-5-4-10-16(18)20)17-11-6-9-14-7-2-1-3-8-14/h1-3,7-8H,4-6,9-13H2,(H,17,19). The van der Waals surface area contributed by atoms with Crippen LogP contribution in [-0.4, -0.2) is 36.3 Å². The second-order valence-electron chi connectivity index (χ2n) is 5.21. The Bertz CT molecular complexity index is 445. The minimum Gasteiger partial charge on any atom is -0.355 e. The SMILES string of the molecule is O=C(CN1CCCCC1=O)NCCCc1ccccc1. The van der Waals surface area contributed by atoms with Crippen LogP contribution in [0.15, 0.2) is 30.3 Å². The van der Waals surface area contributed by atoms with Crippen molar-refractivity contribution in [1.29, 1.82) is 0 Å². The van der Waals surface area contributed by atoms with Crippen molar-refractivity contribution in [1.82, 2.24) is 10.2 Å². The van der Waals surface area contributed by atoms with Gasteiger partial charge in [0.15, 0.2) is 0 Å². The zero-order chi connectivity index (χ0) is 14.2. The van der Waals surface area contributed by atoms with Crippen LogP contribution in [0, 0.1) is 0 Å².